The first kappa shape index (κ1) is 16.4. The molecule has 0 spiro atoms. The van der Waals surface area contributed by atoms with E-state index in [1.54, 1.807) is 48.5 Å². The first-order valence-corrected chi connectivity index (χ1v) is 7.79. The van der Waals surface area contributed by atoms with E-state index in [1.807, 2.05) is 13.0 Å². The zero-order valence-corrected chi connectivity index (χ0v) is 13.6. The molecule has 1 fully saturated rings. The number of benzene rings is 2. The summed E-state index contributed by atoms with van der Waals surface area (Å²) < 4.78 is 5.35. The fourth-order valence-electron chi connectivity index (χ4n) is 2.47. The number of hydrogen-bond donors (Lipinski definition) is 1. The number of hydrogen-bond acceptors (Lipinski definition) is 4. The molecule has 4 amide bonds. The van der Waals surface area contributed by atoms with Crippen LogP contribution in [0.2, 0.25) is 0 Å². The van der Waals surface area contributed by atoms with Gasteiger partial charge in [0.15, 0.2) is 0 Å². The van der Waals surface area contributed by atoms with E-state index < -0.39 is 17.8 Å². The second kappa shape index (κ2) is 7.00. The van der Waals surface area contributed by atoms with Gasteiger partial charge in [0.05, 0.1) is 12.3 Å². The standard InChI is InChI=1S/C19H16N2O4/c1-2-25-15-10-8-14(9-11-15)21-18(23)16(17(22)20-19(21)24)12-13-6-4-3-5-7-13/h3-12H,2H2,1H3,(H,20,22,24)/b16-12-. The Hall–Kier alpha value is -3.41. The van der Waals surface area contributed by atoms with Gasteiger partial charge in [0.2, 0.25) is 0 Å². The highest BCUT2D eigenvalue weighted by molar-refractivity contribution is 6.39. The molecule has 6 heteroatoms. The lowest BCUT2D eigenvalue weighted by Crippen LogP contribution is -2.54. The van der Waals surface area contributed by atoms with E-state index in [-0.39, 0.29) is 5.57 Å². The lowest BCUT2D eigenvalue weighted by atomic mass is 10.1. The minimum Gasteiger partial charge on any atom is -0.494 e. The Kier molecular flexibility index (Phi) is 4.61. The van der Waals surface area contributed by atoms with Crippen molar-refractivity contribution in [2.75, 3.05) is 11.5 Å². The number of urea groups is 1. The average Bonchev–Trinajstić information content (AvgIpc) is 2.61. The van der Waals surface area contributed by atoms with Crippen molar-refractivity contribution in [1.82, 2.24) is 5.32 Å². The van der Waals surface area contributed by atoms with Crippen LogP contribution in [0, 0.1) is 0 Å². The Balaban J connectivity index is 1.94. The molecule has 0 bridgehead atoms. The number of amides is 4. The summed E-state index contributed by atoms with van der Waals surface area (Å²) in [6.45, 7) is 2.38. The summed E-state index contributed by atoms with van der Waals surface area (Å²) >= 11 is 0. The van der Waals surface area contributed by atoms with Gasteiger partial charge in [0.25, 0.3) is 11.8 Å². The Bertz CT molecular complexity index is 841. The van der Waals surface area contributed by atoms with E-state index in [0.29, 0.717) is 23.6 Å². The summed E-state index contributed by atoms with van der Waals surface area (Å²) in [6, 6.07) is 14.7. The van der Waals surface area contributed by atoms with Crippen LogP contribution < -0.4 is 15.0 Å². The number of rotatable bonds is 4. The molecule has 0 unspecified atom stereocenters. The molecule has 0 aliphatic carbocycles. The largest absolute Gasteiger partial charge is 0.494 e. The van der Waals surface area contributed by atoms with Gasteiger partial charge in [-0.15, -0.1) is 0 Å². The Morgan fingerprint density at radius 1 is 1.00 bits per heavy atom. The third kappa shape index (κ3) is 3.42. The summed E-state index contributed by atoms with van der Waals surface area (Å²) in [5.74, 6) is -0.741. The van der Waals surface area contributed by atoms with Gasteiger partial charge in [-0.3, -0.25) is 14.9 Å². The lowest BCUT2D eigenvalue weighted by molar-refractivity contribution is -0.122. The normalized spacial score (nSPS) is 16.1. The van der Waals surface area contributed by atoms with E-state index in [0.717, 1.165) is 4.90 Å². The predicted octanol–water partition coefficient (Wildman–Crippen LogP) is 2.75. The maximum Gasteiger partial charge on any atom is 0.335 e. The van der Waals surface area contributed by atoms with Gasteiger partial charge in [-0.05, 0) is 42.8 Å². The number of barbiturate groups is 1. The van der Waals surface area contributed by atoms with Crippen LogP contribution in [-0.4, -0.2) is 24.5 Å². The van der Waals surface area contributed by atoms with Crippen LogP contribution in [-0.2, 0) is 9.59 Å². The first-order chi connectivity index (χ1) is 12.1. The predicted molar refractivity (Wildman–Crippen MR) is 93.1 cm³/mol. The second-order valence-electron chi connectivity index (χ2n) is 5.30. The van der Waals surface area contributed by atoms with Gasteiger partial charge >= 0.3 is 6.03 Å². The lowest BCUT2D eigenvalue weighted by Gasteiger charge is -2.26. The van der Waals surface area contributed by atoms with Crippen molar-refractivity contribution in [3.8, 4) is 5.75 Å². The molecule has 1 N–H and O–H groups in total. The van der Waals surface area contributed by atoms with Gasteiger partial charge in [-0.1, -0.05) is 30.3 Å². The molecule has 1 heterocycles. The molecule has 0 radical (unpaired) electrons. The third-order valence-corrected chi connectivity index (χ3v) is 3.62. The molecule has 1 aliphatic rings. The van der Waals surface area contributed by atoms with E-state index >= 15 is 0 Å². The monoisotopic (exact) mass is 336 g/mol. The van der Waals surface area contributed by atoms with E-state index in [9.17, 15) is 14.4 Å². The maximum absolute atomic E-state index is 12.7. The Morgan fingerprint density at radius 2 is 1.68 bits per heavy atom. The van der Waals surface area contributed by atoms with Crippen LogP contribution >= 0.6 is 0 Å². The van der Waals surface area contributed by atoms with Crippen LogP contribution in [0.1, 0.15) is 12.5 Å². The molecule has 3 rings (SSSR count). The molecule has 2 aromatic carbocycles. The highest BCUT2D eigenvalue weighted by Gasteiger charge is 2.36. The third-order valence-electron chi connectivity index (χ3n) is 3.62. The van der Waals surface area contributed by atoms with Crippen molar-refractivity contribution < 1.29 is 19.1 Å². The van der Waals surface area contributed by atoms with Crippen molar-refractivity contribution >= 4 is 29.6 Å². The highest BCUT2D eigenvalue weighted by atomic mass is 16.5. The molecule has 126 valence electrons. The molecule has 2 aromatic rings. The smallest absolute Gasteiger partial charge is 0.335 e. The van der Waals surface area contributed by atoms with Gasteiger partial charge in [0.1, 0.15) is 11.3 Å². The minimum atomic E-state index is -0.774. The van der Waals surface area contributed by atoms with Crippen LogP contribution in [0.4, 0.5) is 10.5 Å². The molecular weight excluding hydrogens is 320 g/mol. The Labute approximate surface area is 144 Å². The van der Waals surface area contributed by atoms with Gasteiger partial charge in [0, 0.05) is 0 Å². The number of ether oxygens (including phenoxy) is 1. The van der Waals surface area contributed by atoms with Crippen molar-refractivity contribution in [2.24, 2.45) is 0 Å². The zero-order chi connectivity index (χ0) is 17.8. The molecule has 0 atom stereocenters. The molecule has 6 nitrogen and oxygen atoms in total. The number of nitrogens with zero attached hydrogens (tertiary/aromatic N) is 1. The van der Waals surface area contributed by atoms with E-state index in [1.165, 1.54) is 6.08 Å². The van der Waals surface area contributed by atoms with Crippen molar-refractivity contribution in [3.63, 3.8) is 0 Å². The number of carbonyl (C=O) groups is 3. The number of imide groups is 2. The minimum absolute atomic E-state index is 0.0975. The van der Waals surface area contributed by atoms with Crippen molar-refractivity contribution in [2.45, 2.75) is 6.92 Å². The number of anilines is 1. The zero-order valence-electron chi connectivity index (χ0n) is 13.6. The summed E-state index contributed by atoms with van der Waals surface area (Å²) in [5, 5.41) is 2.20. The summed E-state index contributed by atoms with van der Waals surface area (Å²) in [7, 11) is 0. The number of carbonyl (C=O) groups excluding carboxylic acids is 3. The summed E-state index contributed by atoms with van der Waals surface area (Å²) in [6.07, 6.45) is 1.46. The molecule has 1 aliphatic heterocycles. The van der Waals surface area contributed by atoms with Gasteiger partial charge in [-0.25, -0.2) is 9.69 Å². The Morgan fingerprint density at radius 3 is 2.32 bits per heavy atom. The van der Waals surface area contributed by atoms with Crippen molar-refractivity contribution in [1.29, 1.82) is 0 Å². The fraction of sp³-hybridized carbons (Fsp3) is 0.105. The van der Waals surface area contributed by atoms with Crippen LogP contribution in [0.25, 0.3) is 6.08 Å². The highest BCUT2D eigenvalue weighted by Crippen LogP contribution is 2.24. The summed E-state index contributed by atoms with van der Waals surface area (Å²) in [5.41, 5.74) is 0.957. The van der Waals surface area contributed by atoms with Gasteiger partial charge in [-0.2, -0.15) is 0 Å². The average molecular weight is 336 g/mol. The fourth-order valence-corrected chi connectivity index (χ4v) is 2.47. The quantitative estimate of drug-likeness (QED) is 0.688. The van der Waals surface area contributed by atoms with Crippen LogP contribution in [0.3, 0.4) is 0 Å². The van der Waals surface area contributed by atoms with Crippen molar-refractivity contribution in [3.05, 3.63) is 65.7 Å². The summed E-state index contributed by atoms with van der Waals surface area (Å²) in [4.78, 5) is 37.8. The van der Waals surface area contributed by atoms with E-state index in [4.69, 9.17) is 4.74 Å². The topological polar surface area (TPSA) is 75.7 Å². The molecular formula is C19H16N2O4. The molecule has 0 aromatic heterocycles. The second-order valence-corrected chi connectivity index (χ2v) is 5.30. The SMILES string of the molecule is CCOc1ccc(N2C(=O)NC(=O)/C(=C/c3ccccc3)C2=O)cc1. The molecule has 25 heavy (non-hydrogen) atoms. The first-order valence-electron chi connectivity index (χ1n) is 7.79. The van der Waals surface area contributed by atoms with Crippen LogP contribution in [0.5, 0.6) is 5.75 Å². The van der Waals surface area contributed by atoms with Crippen LogP contribution in [0.15, 0.2) is 60.2 Å². The molecule has 1 saturated heterocycles. The van der Waals surface area contributed by atoms with E-state index in [2.05, 4.69) is 5.32 Å². The molecule has 0 saturated carbocycles. The van der Waals surface area contributed by atoms with Gasteiger partial charge < -0.3 is 4.74 Å². The maximum atomic E-state index is 12.7. The number of nitrogens with one attached hydrogen (secondary N) is 1.